The number of carboxylic acids is 2. The van der Waals surface area contributed by atoms with Crippen LogP contribution in [0.1, 0.15) is 29.6 Å². The van der Waals surface area contributed by atoms with Crippen LogP contribution in [0.5, 0.6) is 0 Å². The number of amides is 1. The second kappa shape index (κ2) is 12.9. The molecule has 33 heavy (non-hydrogen) atoms. The highest BCUT2D eigenvalue weighted by Crippen LogP contribution is 2.29. The molecule has 13 heteroatoms. The molecule has 0 aromatic heterocycles. The summed E-state index contributed by atoms with van der Waals surface area (Å²) >= 11 is 0. The quantitative estimate of drug-likeness (QED) is 0.340. The molecular weight excluding hydrogens is 485 g/mol. The summed E-state index contributed by atoms with van der Waals surface area (Å²) in [5.41, 5.74) is 1.81. The van der Waals surface area contributed by atoms with Gasteiger partial charge in [0.1, 0.15) is 0 Å². The molecule has 1 amide bonds. The number of hydrogen-bond donors (Lipinski definition) is 3. The van der Waals surface area contributed by atoms with Crippen molar-refractivity contribution < 1.29 is 42.5 Å². The lowest BCUT2D eigenvalue weighted by Crippen LogP contribution is -2.42. The minimum atomic E-state index is -5.08. The summed E-state index contributed by atoms with van der Waals surface area (Å²) in [4.78, 5) is 33.8. The first kappa shape index (κ1) is 27.1. The predicted octanol–water partition coefficient (Wildman–Crippen LogP) is 3.27. The molecule has 2 unspecified atom stereocenters. The van der Waals surface area contributed by atoms with Crippen molar-refractivity contribution in [1.29, 1.82) is 0 Å². The summed E-state index contributed by atoms with van der Waals surface area (Å²) in [6, 6.07) is 7.76. The van der Waals surface area contributed by atoms with Gasteiger partial charge in [0.15, 0.2) is 0 Å². The molecule has 2 fully saturated rings. The number of nitrogens with zero attached hydrogens (tertiary/aromatic N) is 1. The number of alkyl halides is 3. The highest BCUT2D eigenvalue weighted by Gasteiger charge is 2.38. The fourth-order valence-corrected chi connectivity index (χ4v) is 5.09. The van der Waals surface area contributed by atoms with Gasteiger partial charge in [0.05, 0.1) is 18.6 Å². The fraction of sp³-hybridized carbons (Fsp3) is 0.550. The van der Waals surface area contributed by atoms with Crippen LogP contribution >= 0.6 is 21.6 Å². The van der Waals surface area contributed by atoms with E-state index in [1.165, 1.54) is 10.8 Å². The zero-order chi connectivity index (χ0) is 24.4. The molecule has 2 heterocycles. The molecule has 8 nitrogen and oxygen atoms in total. The van der Waals surface area contributed by atoms with Crippen LogP contribution in [0.2, 0.25) is 0 Å². The van der Waals surface area contributed by atoms with Crippen LogP contribution in [0.4, 0.5) is 18.9 Å². The van der Waals surface area contributed by atoms with Crippen molar-refractivity contribution >= 4 is 45.1 Å². The maximum absolute atomic E-state index is 12.2. The monoisotopic (exact) mass is 510 g/mol. The van der Waals surface area contributed by atoms with Crippen LogP contribution in [0.3, 0.4) is 0 Å². The third kappa shape index (κ3) is 9.72. The molecule has 0 saturated carbocycles. The Bertz CT molecular complexity index is 798. The third-order valence-corrected chi connectivity index (χ3v) is 7.14. The number of carbonyl (C=O) groups is 3. The first-order chi connectivity index (χ1) is 15.6. The SMILES string of the molecule is O=C(O)C(F)(F)F.O=C(O)CCSSCCNC(=O)c1ccc(N2CC3CCC(C2)O3)cc1. The third-order valence-electron chi connectivity index (χ3n) is 4.73. The maximum atomic E-state index is 12.2. The number of nitrogens with one attached hydrogen (secondary N) is 1. The molecule has 1 aromatic rings. The molecule has 2 atom stereocenters. The van der Waals surface area contributed by atoms with E-state index in [1.54, 1.807) is 10.8 Å². The van der Waals surface area contributed by atoms with Gasteiger partial charge in [0.2, 0.25) is 0 Å². The number of halogens is 3. The summed E-state index contributed by atoms with van der Waals surface area (Å²) in [6.45, 7) is 2.43. The number of carboxylic acid groups (broad SMARTS) is 2. The van der Waals surface area contributed by atoms with Crippen LogP contribution in [0, 0.1) is 0 Å². The van der Waals surface area contributed by atoms with E-state index in [0.717, 1.165) is 37.4 Å². The molecule has 3 N–H and O–H groups in total. The van der Waals surface area contributed by atoms with Gasteiger partial charge in [-0.25, -0.2) is 4.79 Å². The Kier molecular flexibility index (Phi) is 10.6. The normalized spacial score (nSPS) is 19.4. The zero-order valence-electron chi connectivity index (χ0n) is 17.5. The average molecular weight is 511 g/mol. The lowest BCUT2D eigenvalue weighted by molar-refractivity contribution is -0.192. The minimum Gasteiger partial charge on any atom is -0.481 e. The average Bonchev–Trinajstić information content (AvgIpc) is 3.10. The Morgan fingerprint density at radius 2 is 1.58 bits per heavy atom. The van der Waals surface area contributed by atoms with Gasteiger partial charge >= 0.3 is 18.1 Å². The van der Waals surface area contributed by atoms with E-state index in [2.05, 4.69) is 10.2 Å². The van der Waals surface area contributed by atoms with Gasteiger partial charge in [-0.05, 0) is 37.1 Å². The number of morpholine rings is 1. The Balaban J connectivity index is 0.000000479. The summed E-state index contributed by atoms with van der Waals surface area (Å²) in [5, 5.41) is 18.6. The summed E-state index contributed by atoms with van der Waals surface area (Å²) in [5.74, 6) is -2.27. The molecule has 2 aliphatic rings. The highest BCUT2D eigenvalue weighted by molar-refractivity contribution is 8.76. The minimum absolute atomic E-state index is 0.0743. The number of benzene rings is 1. The summed E-state index contributed by atoms with van der Waals surface area (Å²) < 4.78 is 37.6. The van der Waals surface area contributed by atoms with Crippen molar-refractivity contribution in [1.82, 2.24) is 5.32 Å². The molecule has 0 spiro atoms. The molecular formula is C20H25F3N2O6S2. The Hall–Kier alpha value is -2.12. The number of anilines is 1. The first-order valence-electron chi connectivity index (χ1n) is 10.1. The molecule has 3 rings (SSSR count). The number of aliphatic carboxylic acids is 2. The largest absolute Gasteiger partial charge is 0.490 e. The standard InChI is InChI=1S/C18H24N2O4S2.C2HF3O2/c21-17(22)7-9-25-26-10-8-19-18(23)13-1-3-14(4-2-13)20-11-15-5-6-16(12-20)24-15;3-2(4,5)1(6)7/h1-4,15-16H,5-12H2,(H,19,23)(H,21,22);(H,6,7). The van der Waals surface area contributed by atoms with Crippen LogP contribution < -0.4 is 10.2 Å². The molecule has 184 valence electrons. The van der Waals surface area contributed by atoms with Crippen LogP contribution in [-0.2, 0) is 14.3 Å². The molecule has 1 aromatic carbocycles. The Morgan fingerprint density at radius 1 is 1.03 bits per heavy atom. The second-order valence-electron chi connectivity index (χ2n) is 7.26. The fourth-order valence-electron chi connectivity index (χ4n) is 3.20. The molecule has 2 bridgehead atoms. The van der Waals surface area contributed by atoms with Crippen molar-refractivity contribution in [2.24, 2.45) is 0 Å². The Morgan fingerprint density at radius 3 is 2.09 bits per heavy atom. The van der Waals surface area contributed by atoms with Gasteiger partial charge in [-0.15, -0.1) is 0 Å². The van der Waals surface area contributed by atoms with Crippen molar-refractivity contribution in [3.63, 3.8) is 0 Å². The van der Waals surface area contributed by atoms with E-state index in [1.807, 2.05) is 24.3 Å². The van der Waals surface area contributed by atoms with E-state index >= 15 is 0 Å². The van der Waals surface area contributed by atoms with Crippen molar-refractivity contribution in [3.05, 3.63) is 29.8 Å². The van der Waals surface area contributed by atoms with E-state index in [4.69, 9.17) is 19.7 Å². The second-order valence-corrected chi connectivity index (χ2v) is 9.96. The predicted molar refractivity (Wildman–Crippen MR) is 120 cm³/mol. The van der Waals surface area contributed by atoms with Crippen molar-refractivity contribution in [2.75, 3.05) is 36.0 Å². The smallest absolute Gasteiger partial charge is 0.481 e. The van der Waals surface area contributed by atoms with Crippen molar-refractivity contribution in [2.45, 2.75) is 37.6 Å². The zero-order valence-corrected chi connectivity index (χ0v) is 19.2. The lowest BCUT2D eigenvalue weighted by Gasteiger charge is -2.33. The van der Waals surface area contributed by atoms with E-state index in [-0.39, 0.29) is 12.3 Å². The van der Waals surface area contributed by atoms with Gasteiger partial charge in [-0.3, -0.25) is 9.59 Å². The first-order valence-corrected chi connectivity index (χ1v) is 12.6. The number of carbonyl (C=O) groups excluding carboxylic acids is 1. The number of fused-ring (bicyclic) bond motifs is 2. The summed E-state index contributed by atoms with van der Waals surface area (Å²) in [6.07, 6.45) is -1.92. The topological polar surface area (TPSA) is 116 Å². The van der Waals surface area contributed by atoms with Crippen LogP contribution in [0.15, 0.2) is 24.3 Å². The van der Waals surface area contributed by atoms with Gasteiger partial charge < -0.3 is 25.2 Å². The van der Waals surface area contributed by atoms with Crippen LogP contribution in [0.25, 0.3) is 0 Å². The highest BCUT2D eigenvalue weighted by atomic mass is 33.1. The van der Waals surface area contributed by atoms with Gasteiger partial charge in [0.25, 0.3) is 5.91 Å². The maximum Gasteiger partial charge on any atom is 0.490 e. The van der Waals surface area contributed by atoms with Gasteiger partial charge in [0, 0.05) is 42.4 Å². The number of rotatable bonds is 9. The van der Waals surface area contributed by atoms with Gasteiger partial charge in [-0.2, -0.15) is 13.2 Å². The Labute approximate surface area is 196 Å². The van der Waals surface area contributed by atoms with E-state index < -0.39 is 18.1 Å². The number of hydrogen-bond acceptors (Lipinski definition) is 7. The molecule has 0 aliphatic carbocycles. The molecule has 2 saturated heterocycles. The lowest BCUT2D eigenvalue weighted by atomic mass is 10.1. The van der Waals surface area contributed by atoms with E-state index in [9.17, 15) is 22.8 Å². The molecule has 2 aliphatic heterocycles. The van der Waals surface area contributed by atoms with Crippen LogP contribution in [-0.4, -0.2) is 77.6 Å². The number of ether oxygens (including phenoxy) is 1. The van der Waals surface area contributed by atoms with Crippen molar-refractivity contribution in [3.8, 4) is 0 Å². The summed E-state index contributed by atoms with van der Waals surface area (Å²) in [7, 11) is 3.10. The molecule has 0 radical (unpaired) electrons. The van der Waals surface area contributed by atoms with Gasteiger partial charge in [-0.1, -0.05) is 21.6 Å². The van der Waals surface area contributed by atoms with E-state index in [0.29, 0.717) is 30.1 Å².